The van der Waals surface area contributed by atoms with E-state index in [-0.39, 0.29) is 0 Å². The summed E-state index contributed by atoms with van der Waals surface area (Å²) in [6.45, 7) is 5.45. The summed E-state index contributed by atoms with van der Waals surface area (Å²) in [5.74, 6) is 0. The molecule has 1 rings (SSSR count). The molecule has 1 aromatic carbocycles. The standard InChI is InChI=1S/C12H17NO3/c1-7-4-5-8(2)10(6-7)11(14)9(3)16-12(13)15/h4-6,9,11,14H,1-3H3,(H2,13,15)/t9-,11+/m0/s1. The van der Waals surface area contributed by atoms with E-state index >= 15 is 0 Å². The van der Waals surface area contributed by atoms with E-state index in [2.05, 4.69) is 0 Å². The minimum atomic E-state index is -0.878. The molecule has 1 amide bonds. The predicted octanol–water partition coefficient (Wildman–Crippen LogP) is 1.82. The molecule has 4 heteroatoms. The molecular formula is C12H17NO3. The quantitative estimate of drug-likeness (QED) is 0.821. The Morgan fingerprint density at radius 2 is 2.06 bits per heavy atom. The zero-order valence-corrected chi connectivity index (χ0v) is 9.73. The molecule has 0 spiro atoms. The minimum Gasteiger partial charge on any atom is -0.444 e. The molecule has 4 nitrogen and oxygen atoms in total. The Labute approximate surface area is 95.0 Å². The summed E-state index contributed by atoms with van der Waals surface area (Å²) in [5.41, 5.74) is 7.67. The average Bonchev–Trinajstić information content (AvgIpc) is 2.19. The van der Waals surface area contributed by atoms with Crippen molar-refractivity contribution in [1.82, 2.24) is 0 Å². The maximum absolute atomic E-state index is 10.6. The van der Waals surface area contributed by atoms with Crippen molar-refractivity contribution in [3.63, 3.8) is 0 Å². The fraction of sp³-hybridized carbons (Fsp3) is 0.417. The van der Waals surface area contributed by atoms with Gasteiger partial charge in [0.2, 0.25) is 0 Å². The summed E-state index contributed by atoms with van der Waals surface area (Å²) in [7, 11) is 0. The Bertz CT molecular complexity index is 390. The van der Waals surface area contributed by atoms with Crippen LogP contribution in [-0.4, -0.2) is 17.3 Å². The second-order valence-corrected chi connectivity index (χ2v) is 3.95. The Morgan fingerprint density at radius 1 is 1.44 bits per heavy atom. The molecule has 0 saturated carbocycles. The third-order valence-electron chi connectivity index (χ3n) is 2.50. The Hall–Kier alpha value is -1.55. The fourth-order valence-electron chi connectivity index (χ4n) is 1.58. The van der Waals surface area contributed by atoms with E-state index in [1.807, 2.05) is 32.0 Å². The van der Waals surface area contributed by atoms with E-state index < -0.39 is 18.3 Å². The van der Waals surface area contributed by atoms with Gasteiger partial charge in [-0.05, 0) is 31.9 Å². The second kappa shape index (κ2) is 4.99. The first kappa shape index (κ1) is 12.5. The maximum Gasteiger partial charge on any atom is 0.404 e. The fourth-order valence-corrected chi connectivity index (χ4v) is 1.58. The average molecular weight is 223 g/mol. The maximum atomic E-state index is 10.6. The molecule has 3 N–H and O–H groups in total. The number of benzene rings is 1. The molecule has 1 aromatic rings. The van der Waals surface area contributed by atoms with Crippen LogP contribution >= 0.6 is 0 Å². The number of carbonyl (C=O) groups is 1. The molecule has 88 valence electrons. The van der Waals surface area contributed by atoms with Gasteiger partial charge in [0.15, 0.2) is 0 Å². The third kappa shape index (κ3) is 2.97. The predicted molar refractivity (Wildman–Crippen MR) is 61.0 cm³/mol. The lowest BCUT2D eigenvalue weighted by Crippen LogP contribution is -2.26. The monoisotopic (exact) mass is 223 g/mol. The van der Waals surface area contributed by atoms with Crippen molar-refractivity contribution in [1.29, 1.82) is 0 Å². The smallest absolute Gasteiger partial charge is 0.404 e. The van der Waals surface area contributed by atoms with Crippen LogP contribution in [0.5, 0.6) is 0 Å². The number of rotatable bonds is 3. The first-order chi connectivity index (χ1) is 7.41. The summed E-state index contributed by atoms with van der Waals surface area (Å²) in [6.07, 6.45) is -2.39. The number of carbonyl (C=O) groups excluding carboxylic acids is 1. The molecule has 0 aliphatic heterocycles. The zero-order valence-electron chi connectivity index (χ0n) is 9.73. The molecular weight excluding hydrogens is 206 g/mol. The molecule has 0 unspecified atom stereocenters. The van der Waals surface area contributed by atoms with Gasteiger partial charge < -0.3 is 15.6 Å². The van der Waals surface area contributed by atoms with Crippen molar-refractivity contribution >= 4 is 6.09 Å². The molecule has 16 heavy (non-hydrogen) atoms. The molecule has 0 aromatic heterocycles. The number of primary amides is 1. The largest absolute Gasteiger partial charge is 0.444 e. The van der Waals surface area contributed by atoms with Crippen LogP contribution in [0.4, 0.5) is 4.79 Å². The van der Waals surface area contributed by atoms with Crippen molar-refractivity contribution in [3.8, 4) is 0 Å². The van der Waals surface area contributed by atoms with Gasteiger partial charge in [0.25, 0.3) is 0 Å². The number of nitrogens with two attached hydrogens (primary N) is 1. The van der Waals surface area contributed by atoms with Crippen LogP contribution in [0.25, 0.3) is 0 Å². The van der Waals surface area contributed by atoms with Crippen LogP contribution in [-0.2, 0) is 4.74 Å². The highest BCUT2D eigenvalue weighted by atomic mass is 16.6. The molecule has 0 radical (unpaired) electrons. The van der Waals surface area contributed by atoms with Crippen LogP contribution in [0.3, 0.4) is 0 Å². The second-order valence-electron chi connectivity index (χ2n) is 3.95. The van der Waals surface area contributed by atoms with Crippen LogP contribution in [0.15, 0.2) is 18.2 Å². The summed E-state index contributed by atoms with van der Waals surface area (Å²) in [4.78, 5) is 10.6. The lowest BCUT2D eigenvalue weighted by Gasteiger charge is -2.20. The number of aliphatic hydroxyl groups excluding tert-OH is 1. The Balaban J connectivity index is 2.90. The van der Waals surface area contributed by atoms with Crippen LogP contribution in [0.2, 0.25) is 0 Å². The van der Waals surface area contributed by atoms with Gasteiger partial charge in [0, 0.05) is 0 Å². The van der Waals surface area contributed by atoms with Crippen LogP contribution in [0, 0.1) is 13.8 Å². The molecule has 0 aliphatic carbocycles. The Morgan fingerprint density at radius 3 is 2.62 bits per heavy atom. The minimum absolute atomic E-state index is 0.655. The third-order valence-corrected chi connectivity index (χ3v) is 2.50. The van der Waals surface area contributed by atoms with Crippen molar-refractivity contribution < 1.29 is 14.6 Å². The number of aryl methyl sites for hydroxylation is 2. The highest BCUT2D eigenvalue weighted by Gasteiger charge is 2.20. The van der Waals surface area contributed by atoms with Crippen molar-refractivity contribution in [2.45, 2.75) is 33.0 Å². The molecule has 0 aliphatic rings. The van der Waals surface area contributed by atoms with Crippen molar-refractivity contribution in [2.75, 3.05) is 0 Å². The van der Waals surface area contributed by atoms with E-state index in [0.717, 1.165) is 16.7 Å². The van der Waals surface area contributed by atoms with Gasteiger partial charge in [-0.25, -0.2) is 4.79 Å². The van der Waals surface area contributed by atoms with Gasteiger partial charge in [-0.2, -0.15) is 0 Å². The summed E-state index contributed by atoms with van der Waals surface area (Å²) >= 11 is 0. The van der Waals surface area contributed by atoms with Gasteiger partial charge in [0.1, 0.15) is 12.2 Å². The summed E-state index contributed by atoms with van der Waals surface area (Å²) < 4.78 is 4.75. The van der Waals surface area contributed by atoms with E-state index in [0.29, 0.717) is 0 Å². The van der Waals surface area contributed by atoms with Gasteiger partial charge >= 0.3 is 6.09 Å². The first-order valence-electron chi connectivity index (χ1n) is 5.13. The van der Waals surface area contributed by atoms with Gasteiger partial charge in [-0.3, -0.25) is 0 Å². The van der Waals surface area contributed by atoms with E-state index in [9.17, 15) is 9.90 Å². The topological polar surface area (TPSA) is 72.6 Å². The summed E-state index contributed by atoms with van der Waals surface area (Å²) in [5, 5.41) is 10.0. The first-order valence-corrected chi connectivity index (χ1v) is 5.13. The molecule has 0 fully saturated rings. The van der Waals surface area contributed by atoms with Crippen molar-refractivity contribution in [2.24, 2.45) is 5.73 Å². The van der Waals surface area contributed by atoms with E-state index in [1.54, 1.807) is 6.92 Å². The van der Waals surface area contributed by atoms with Gasteiger partial charge in [-0.1, -0.05) is 23.8 Å². The molecule has 0 saturated heterocycles. The highest BCUT2D eigenvalue weighted by Crippen LogP contribution is 2.23. The number of amides is 1. The molecule has 2 atom stereocenters. The Kier molecular flexibility index (Phi) is 3.90. The van der Waals surface area contributed by atoms with E-state index in [1.165, 1.54) is 0 Å². The number of aliphatic hydroxyl groups is 1. The van der Waals surface area contributed by atoms with Crippen LogP contribution < -0.4 is 5.73 Å². The molecule has 0 heterocycles. The molecule has 0 bridgehead atoms. The van der Waals surface area contributed by atoms with Gasteiger partial charge in [-0.15, -0.1) is 0 Å². The van der Waals surface area contributed by atoms with Gasteiger partial charge in [0.05, 0.1) is 0 Å². The van der Waals surface area contributed by atoms with Crippen LogP contribution in [0.1, 0.15) is 29.7 Å². The normalized spacial score (nSPS) is 14.2. The van der Waals surface area contributed by atoms with E-state index in [4.69, 9.17) is 10.5 Å². The SMILES string of the molecule is Cc1ccc(C)c([C@H](O)[C@H](C)OC(N)=O)c1. The number of hydrogen-bond acceptors (Lipinski definition) is 3. The zero-order chi connectivity index (χ0) is 12.3. The number of ether oxygens (including phenoxy) is 1. The number of hydrogen-bond donors (Lipinski definition) is 2. The lowest BCUT2D eigenvalue weighted by atomic mass is 9.98. The van der Waals surface area contributed by atoms with Crippen molar-refractivity contribution in [3.05, 3.63) is 34.9 Å². The summed E-state index contributed by atoms with van der Waals surface area (Å²) in [6, 6.07) is 5.76. The lowest BCUT2D eigenvalue weighted by molar-refractivity contribution is 0.0154. The highest BCUT2D eigenvalue weighted by molar-refractivity contribution is 5.64.